The summed E-state index contributed by atoms with van der Waals surface area (Å²) in [5.41, 5.74) is 3.76. The molecule has 5 nitrogen and oxygen atoms in total. The van der Waals surface area contributed by atoms with Crippen molar-refractivity contribution < 1.29 is 9.53 Å². The van der Waals surface area contributed by atoms with Crippen LogP contribution in [0.15, 0.2) is 6.07 Å². The Hall–Kier alpha value is -1.91. The molecule has 0 unspecified atom stereocenters. The number of hydrogen-bond acceptors (Lipinski definition) is 4. The van der Waals surface area contributed by atoms with Crippen LogP contribution in [0, 0.1) is 13.8 Å². The fraction of sp³-hybridized carbons (Fsp3) is 0.462. The summed E-state index contributed by atoms with van der Waals surface area (Å²) in [7, 11) is 0. The fourth-order valence-corrected chi connectivity index (χ4v) is 2.02. The van der Waals surface area contributed by atoms with Crippen molar-refractivity contribution in [3.05, 3.63) is 28.7 Å². The molecule has 5 heteroatoms. The Morgan fingerprint density at radius 1 is 1.39 bits per heavy atom. The van der Waals surface area contributed by atoms with Gasteiger partial charge in [-0.2, -0.15) is 5.10 Å². The highest BCUT2D eigenvalue weighted by molar-refractivity contribution is 5.90. The van der Waals surface area contributed by atoms with Gasteiger partial charge in [-0.1, -0.05) is 6.92 Å². The summed E-state index contributed by atoms with van der Waals surface area (Å²) in [4.78, 5) is 16.5. The average molecular weight is 247 g/mol. The van der Waals surface area contributed by atoms with E-state index in [-0.39, 0.29) is 5.97 Å². The van der Waals surface area contributed by atoms with Gasteiger partial charge in [0.05, 0.1) is 18.0 Å². The maximum absolute atomic E-state index is 12.0. The molecule has 0 saturated heterocycles. The molecule has 0 aliphatic carbocycles. The molecule has 0 spiro atoms. The molecule has 0 saturated carbocycles. The predicted octanol–water partition coefficient (Wildman–Crippen LogP) is 2.09. The van der Waals surface area contributed by atoms with Crippen LogP contribution < -0.4 is 0 Å². The monoisotopic (exact) mass is 247 g/mol. The van der Waals surface area contributed by atoms with Crippen LogP contribution in [-0.4, -0.2) is 27.2 Å². The second kappa shape index (κ2) is 4.76. The molecule has 2 aromatic rings. The number of aromatic nitrogens is 3. The lowest BCUT2D eigenvalue weighted by Gasteiger charge is -2.04. The molecule has 2 heterocycles. The van der Waals surface area contributed by atoms with Crippen LogP contribution in [0.1, 0.15) is 41.3 Å². The summed E-state index contributed by atoms with van der Waals surface area (Å²) < 4.78 is 6.68. The van der Waals surface area contributed by atoms with Crippen molar-refractivity contribution in [1.82, 2.24) is 14.6 Å². The number of ether oxygens (including phenoxy) is 1. The van der Waals surface area contributed by atoms with Crippen molar-refractivity contribution in [1.29, 1.82) is 0 Å². The van der Waals surface area contributed by atoms with Gasteiger partial charge in [-0.25, -0.2) is 14.3 Å². The molecular weight excluding hydrogens is 230 g/mol. The van der Waals surface area contributed by atoms with Crippen molar-refractivity contribution >= 4 is 11.6 Å². The Bertz CT molecular complexity index is 602. The molecule has 2 rings (SSSR count). The minimum atomic E-state index is -0.362. The SMILES string of the molecule is CCOC(=O)c1c(CC)nc2c(C)cc(C)nn12. The van der Waals surface area contributed by atoms with E-state index < -0.39 is 0 Å². The number of fused-ring (bicyclic) bond motifs is 1. The first-order valence-electron chi connectivity index (χ1n) is 6.11. The first-order chi connectivity index (χ1) is 8.58. The number of carbonyl (C=O) groups excluding carboxylic acids is 1. The van der Waals surface area contributed by atoms with Crippen LogP contribution >= 0.6 is 0 Å². The summed E-state index contributed by atoms with van der Waals surface area (Å²) in [5.74, 6) is -0.362. The van der Waals surface area contributed by atoms with E-state index in [4.69, 9.17) is 4.74 Å². The molecule has 0 amide bonds. The Kier molecular flexibility index (Phi) is 3.32. The molecule has 0 radical (unpaired) electrons. The van der Waals surface area contributed by atoms with Gasteiger partial charge in [0.1, 0.15) is 0 Å². The van der Waals surface area contributed by atoms with Crippen LogP contribution in [0.2, 0.25) is 0 Å². The minimum absolute atomic E-state index is 0.347. The Morgan fingerprint density at radius 3 is 2.72 bits per heavy atom. The van der Waals surface area contributed by atoms with Crippen LogP contribution in [0.4, 0.5) is 0 Å². The summed E-state index contributed by atoms with van der Waals surface area (Å²) in [6.07, 6.45) is 0.677. The van der Waals surface area contributed by atoms with Crippen molar-refractivity contribution in [3.63, 3.8) is 0 Å². The lowest BCUT2D eigenvalue weighted by atomic mass is 10.2. The Balaban J connectivity index is 2.72. The Labute approximate surface area is 106 Å². The maximum Gasteiger partial charge on any atom is 0.358 e. The van der Waals surface area contributed by atoms with Gasteiger partial charge in [-0.3, -0.25) is 0 Å². The summed E-state index contributed by atoms with van der Waals surface area (Å²) >= 11 is 0. The number of aryl methyl sites for hydroxylation is 3. The zero-order valence-electron chi connectivity index (χ0n) is 11.1. The predicted molar refractivity (Wildman–Crippen MR) is 67.8 cm³/mol. The quantitative estimate of drug-likeness (QED) is 0.779. The van der Waals surface area contributed by atoms with E-state index in [1.54, 1.807) is 11.4 Å². The summed E-state index contributed by atoms with van der Waals surface area (Å²) in [6.45, 7) is 7.96. The third kappa shape index (κ3) is 1.96. The average Bonchev–Trinajstić information content (AvgIpc) is 2.68. The molecule has 0 aromatic carbocycles. The van der Waals surface area contributed by atoms with E-state index in [1.165, 1.54) is 0 Å². The number of hydrogen-bond donors (Lipinski definition) is 0. The molecule has 96 valence electrons. The van der Waals surface area contributed by atoms with E-state index in [1.807, 2.05) is 26.8 Å². The van der Waals surface area contributed by atoms with E-state index in [2.05, 4.69) is 10.1 Å². The lowest BCUT2D eigenvalue weighted by molar-refractivity contribution is 0.0515. The highest BCUT2D eigenvalue weighted by Crippen LogP contribution is 2.17. The number of carbonyl (C=O) groups is 1. The maximum atomic E-state index is 12.0. The van der Waals surface area contributed by atoms with Gasteiger partial charge in [-0.05, 0) is 38.8 Å². The molecule has 0 bridgehead atoms. The lowest BCUT2D eigenvalue weighted by Crippen LogP contribution is -2.12. The number of nitrogens with zero attached hydrogens (tertiary/aromatic N) is 3. The third-order valence-electron chi connectivity index (χ3n) is 2.77. The van der Waals surface area contributed by atoms with E-state index >= 15 is 0 Å². The van der Waals surface area contributed by atoms with Crippen molar-refractivity contribution in [2.24, 2.45) is 0 Å². The first kappa shape index (κ1) is 12.5. The van der Waals surface area contributed by atoms with Gasteiger partial charge in [0.15, 0.2) is 11.3 Å². The standard InChI is InChI=1S/C13H17N3O2/c1-5-10-11(13(17)18-6-2)16-12(14-10)8(3)7-9(4)15-16/h7H,5-6H2,1-4H3. The van der Waals surface area contributed by atoms with E-state index in [0.29, 0.717) is 18.7 Å². The van der Waals surface area contributed by atoms with Crippen LogP contribution in [-0.2, 0) is 11.2 Å². The van der Waals surface area contributed by atoms with Gasteiger partial charge < -0.3 is 4.74 Å². The normalized spacial score (nSPS) is 10.9. The molecule has 0 aliphatic heterocycles. The zero-order valence-corrected chi connectivity index (χ0v) is 11.1. The molecule has 0 N–H and O–H groups in total. The number of esters is 1. The minimum Gasteiger partial charge on any atom is -0.461 e. The topological polar surface area (TPSA) is 56.5 Å². The summed E-state index contributed by atoms with van der Waals surface area (Å²) in [6, 6.07) is 1.96. The van der Waals surface area contributed by atoms with E-state index in [0.717, 1.165) is 22.6 Å². The van der Waals surface area contributed by atoms with Crippen molar-refractivity contribution in [2.45, 2.75) is 34.1 Å². The molecular formula is C13H17N3O2. The zero-order chi connectivity index (χ0) is 13.3. The second-order valence-electron chi connectivity index (χ2n) is 4.19. The smallest absolute Gasteiger partial charge is 0.358 e. The van der Waals surface area contributed by atoms with Crippen molar-refractivity contribution in [3.8, 4) is 0 Å². The van der Waals surface area contributed by atoms with Crippen LogP contribution in [0.5, 0.6) is 0 Å². The first-order valence-corrected chi connectivity index (χ1v) is 6.11. The summed E-state index contributed by atoms with van der Waals surface area (Å²) in [5, 5.41) is 4.36. The Morgan fingerprint density at radius 2 is 2.11 bits per heavy atom. The molecule has 0 atom stereocenters. The van der Waals surface area contributed by atoms with Crippen molar-refractivity contribution in [2.75, 3.05) is 6.61 Å². The van der Waals surface area contributed by atoms with Gasteiger partial charge in [0.25, 0.3) is 0 Å². The highest BCUT2D eigenvalue weighted by atomic mass is 16.5. The number of rotatable bonds is 3. The highest BCUT2D eigenvalue weighted by Gasteiger charge is 2.21. The number of imidazole rings is 1. The van der Waals surface area contributed by atoms with Crippen LogP contribution in [0.3, 0.4) is 0 Å². The molecule has 2 aromatic heterocycles. The van der Waals surface area contributed by atoms with Gasteiger partial charge >= 0.3 is 5.97 Å². The molecule has 0 fully saturated rings. The van der Waals surface area contributed by atoms with Gasteiger partial charge in [0.2, 0.25) is 0 Å². The molecule has 0 aliphatic rings. The van der Waals surface area contributed by atoms with Gasteiger partial charge in [-0.15, -0.1) is 0 Å². The second-order valence-corrected chi connectivity index (χ2v) is 4.19. The molecule has 18 heavy (non-hydrogen) atoms. The van der Waals surface area contributed by atoms with E-state index in [9.17, 15) is 4.79 Å². The van der Waals surface area contributed by atoms with Gasteiger partial charge in [0, 0.05) is 0 Å². The third-order valence-corrected chi connectivity index (χ3v) is 2.77. The largest absolute Gasteiger partial charge is 0.461 e. The fourth-order valence-electron chi connectivity index (χ4n) is 2.02. The van der Waals surface area contributed by atoms with Crippen LogP contribution in [0.25, 0.3) is 5.65 Å².